The van der Waals surface area contributed by atoms with Crippen LogP contribution in [-0.4, -0.2) is 30.5 Å². The maximum atomic E-state index is 14.3. The van der Waals surface area contributed by atoms with Crippen molar-refractivity contribution in [1.82, 2.24) is 18.7 Å². The lowest BCUT2D eigenvalue weighted by Crippen LogP contribution is -2.42. The lowest BCUT2D eigenvalue weighted by molar-refractivity contribution is -0.120. The molecule has 2 N–H and O–H groups in total. The molecule has 1 aliphatic rings. The van der Waals surface area contributed by atoms with Crippen LogP contribution in [0.25, 0.3) is 11.2 Å². The van der Waals surface area contributed by atoms with E-state index in [9.17, 15) is 23.6 Å². The lowest BCUT2D eigenvalue weighted by Gasteiger charge is -2.21. The molecular weight excluding hydrogens is 431 g/mol. The molecule has 2 aromatic heterocycles. The number of hydrogen-bond acceptors (Lipinski definition) is 5. The molecule has 1 aliphatic carbocycles. The minimum absolute atomic E-state index is 0.0345. The first kappa shape index (κ1) is 22.4. The van der Waals surface area contributed by atoms with Crippen LogP contribution in [0.3, 0.4) is 0 Å². The van der Waals surface area contributed by atoms with Crippen LogP contribution in [0.2, 0.25) is 0 Å². The van der Waals surface area contributed by atoms with Crippen molar-refractivity contribution >= 4 is 34.4 Å². The Balaban J connectivity index is 1.52. The number of fused-ring (bicyclic) bond motifs is 1. The molecule has 3 aromatic rings. The normalized spacial score (nSPS) is 14.4. The van der Waals surface area contributed by atoms with Crippen molar-refractivity contribution in [2.75, 3.05) is 10.6 Å². The summed E-state index contributed by atoms with van der Waals surface area (Å²) in [4.78, 5) is 54.4. The lowest BCUT2D eigenvalue weighted by atomic mass is 9.88. The van der Waals surface area contributed by atoms with Gasteiger partial charge < -0.3 is 15.2 Å². The molecule has 33 heavy (non-hydrogen) atoms. The minimum atomic E-state index is -0.680. The molecule has 1 aromatic carbocycles. The van der Waals surface area contributed by atoms with Gasteiger partial charge >= 0.3 is 5.69 Å². The van der Waals surface area contributed by atoms with E-state index in [0.717, 1.165) is 42.7 Å². The molecule has 11 heteroatoms. The van der Waals surface area contributed by atoms with Crippen molar-refractivity contribution in [3.05, 3.63) is 51.2 Å². The largest absolute Gasteiger partial charge is 0.332 e. The molecular formula is C22H25FN6O4. The average Bonchev–Trinajstić information content (AvgIpc) is 3.19. The first-order valence-corrected chi connectivity index (χ1v) is 10.8. The number of benzene rings is 1. The number of nitrogens with zero attached hydrogens (tertiary/aromatic N) is 4. The van der Waals surface area contributed by atoms with Gasteiger partial charge in [-0.1, -0.05) is 19.3 Å². The van der Waals surface area contributed by atoms with E-state index in [1.165, 1.54) is 34.6 Å². The second-order valence-electron chi connectivity index (χ2n) is 8.33. The topological polar surface area (TPSA) is 120 Å². The molecule has 2 heterocycles. The number of nitrogens with one attached hydrogen (secondary N) is 2. The Morgan fingerprint density at radius 1 is 1.12 bits per heavy atom. The fourth-order valence-corrected chi connectivity index (χ4v) is 4.18. The van der Waals surface area contributed by atoms with Crippen LogP contribution in [-0.2, 0) is 30.2 Å². The summed E-state index contributed by atoms with van der Waals surface area (Å²) in [5, 5.41) is 5.16. The van der Waals surface area contributed by atoms with Crippen LogP contribution in [0.4, 0.5) is 15.8 Å². The maximum absolute atomic E-state index is 14.3. The highest BCUT2D eigenvalue weighted by Gasteiger charge is 2.22. The van der Waals surface area contributed by atoms with Gasteiger partial charge in [0.1, 0.15) is 12.4 Å². The first-order valence-electron chi connectivity index (χ1n) is 10.8. The van der Waals surface area contributed by atoms with Crippen molar-refractivity contribution in [2.24, 2.45) is 20.0 Å². The number of hydrogen-bond donors (Lipinski definition) is 2. The van der Waals surface area contributed by atoms with Crippen LogP contribution in [0.1, 0.15) is 32.1 Å². The Hall–Kier alpha value is -3.76. The van der Waals surface area contributed by atoms with E-state index in [4.69, 9.17) is 0 Å². The molecule has 0 unspecified atom stereocenters. The molecule has 4 rings (SSSR count). The fraction of sp³-hybridized carbons (Fsp3) is 0.409. The Kier molecular flexibility index (Phi) is 6.12. The summed E-state index contributed by atoms with van der Waals surface area (Å²) in [6.07, 6.45) is 6.00. The van der Waals surface area contributed by atoms with Gasteiger partial charge in [-0.3, -0.25) is 19.0 Å². The minimum Gasteiger partial charge on any atom is -0.328 e. The number of rotatable bonds is 5. The Labute approximate surface area is 188 Å². The van der Waals surface area contributed by atoms with Gasteiger partial charge in [-0.15, -0.1) is 0 Å². The van der Waals surface area contributed by atoms with E-state index in [-0.39, 0.29) is 34.4 Å². The van der Waals surface area contributed by atoms with E-state index in [1.807, 2.05) is 0 Å². The number of halogens is 1. The predicted octanol–water partition coefficient (Wildman–Crippen LogP) is 1.73. The van der Waals surface area contributed by atoms with E-state index in [0.29, 0.717) is 0 Å². The Morgan fingerprint density at radius 2 is 1.85 bits per heavy atom. The summed E-state index contributed by atoms with van der Waals surface area (Å²) in [5.74, 6) is -1.66. The number of carbonyl (C=O) groups is 2. The summed E-state index contributed by atoms with van der Waals surface area (Å²) in [6, 6.07) is 3.80. The second-order valence-corrected chi connectivity index (χ2v) is 8.33. The highest BCUT2D eigenvalue weighted by Crippen LogP contribution is 2.26. The summed E-state index contributed by atoms with van der Waals surface area (Å²) in [6.45, 7) is -0.534. The van der Waals surface area contributed by atoms with E-state index < -0.39 is 29.5 Å². The zero-order chi connectivity index (χ0) is 23.7. The zero-order valence-electron chi connectivity index (χ0n) is 18.4. The molecule has 0 spiro atoms. The number of aryl methyl sites for hydroxylation is 2. The van der Waals surface area contributed by atoms with Gasteiger partial charge in [0.25, 0.3) is 5.56 Å². The molecule has 0 bridgehead atoms. The van der Waals surface area contributed by atoms with Gasteiger partial charge in [0, 0.05) is 25.7 Å². The number of amides is 2. The fourth-order valence-electron chi connectivity index (χ4n) is 4.18. The molecule has 1 fully saturated rings. The smallest absolute Gasteiger partial charge is 0.328 e. The maximum Gasteiger partial charge on any atom is 0.332 e. The summed E-state index contributed by atoms with van der Waals surface area (Å²) >= 11 is 0. The van der Waals surface area contributed by atoms with Crippen LogP contribution in [0.5, 0.6) is 0 Å². The Morgan fingerprint density at radius 3 is 2.58 bits per heavy atom. The standard InChI is InChI=1S/C22H25FN6O4/c1-27-12-24-19-18(27)21(32)29(22(33)28(19)2)11-17(30)25-14-8-9-15(23)16(10-14)26-20(31)13-6-4-3-5-7-13/h8-10,12-13H,3-7,11H2,1-2H3,(H,25,30)(H,26,31). The van der Waals surface area contributed by atoms with Crippen molar-refractivity contribution in [3.63, 3.8) is 0 Å². The molecule has 0 atom stereocenters. The predicted molar refractivity (Wildman–Crippen MR) is 120 cm³/mol. The number of imidazole rings is 1. The van der Waals surface area contributed by atoms with Crippen molar-refractivity contribution in [2.45, 2.75) is 38.6 Å². The van der Waals surface area contributed by atoms with Gasteiger partial charge in [0.2, 0.25) is 11.8 Å². The SMILES string of the molecule is Cn1cnc2c1c(=O)n(CC(=O)Nc1ccc(F)c(NC(=O)C3CCCCC3)c1)c(=O)n2C. The molecule has 2 amide bonds. The van der Waals surface area contributed by atoms with Gasteiger partial charge in [0.15, 0.2) is 11.2 Å². The third-order valence-corrected chi connectivity index (χ3v) is 5.99. The monoisotopic (exact) mass is 456 g/mol. The number of aromatic nitrogens is 4. The van der Waals surface area contributed by atoms with E-state index >= 15 is 0 Å². The molecule has 0 saturated heterocycles. The van der Waals surface area contributed by atoms with Gasteiger partial charge in [-0.25, -0.2) is 18.7 Å². The molecule has 10 nitrogen and oxygen atoms in total. The van der Waals surface area contributed by atoms with Crippen LogP contribution in [0.15, 0.2) is 34.1 Å². The van der Waals surface area contributed by atoms with Crippen LogP contribution < -0.4 is 21.9 Å². The van der Waals surface area contributed by atoms with Crippen molar-refractivity contribution in [1.29, 1.82) is 0 Å². The number of anilines is 2. The molecule has 0 aliphatic heterocycles. The highest BCUT2D eigenvalue weighted by atomic mass is 19.1. The van der Waals surface area contributed by atoms with Gasteiger partial charge in [-0.05, 0) is 31.0 Å². The summed E-state index contributed by atoms with van der Waals surface area (Å²) in [7, 11) is 3.08. The molecule has 1 saturated carbocycles. The average molecular weight is 456 g/mol. The van der Waals surface area contributed by atoms with Crippen molar-refractivity contribution < 1.29 is 14.0 Å². The molecule has 174 valence electrons. The van der Waals surface area contributed by atoms with E-state index in [1.54, 1.807) is 7.05 Å². The summed E-state index contributed by atoms with van der Waals surface area (Å²) in [5.41, 5.74) is -0.705. The van der Waals surface area contributed by atoms with Gasteiger partial charge in [0.05, 0.1) is 12.0 Å². The van der Waals surface area contributed by atoms with Crippen LogP contribution >= 0.6 is 0 Å². The highest BCUT2D eigenvalue weighted by molar-refractivity contribution is 5.95. The molecule has 0 radical (unpaired) electrons. The number of carbonyl (C=O) groups excluding carboxylic acids is 2. The third kappa shape index (κ3) is 4.43. The van der Waals surface area contributed by atoms with E-state index in [2.05, 4.69) is 15.6 Å². The van der Waals surface area contributed by atoms with Gasteiger partial charge in [-0.2, -0.15) is 0 Å². The third-order valence-electron chi connectivity index (χ3n) is 5.99. The first-order chi connectivity index (χ1) is 15.8. The zero-order valence-corrected chi connectivity index (χ0v) is 18.4. The Bertz CT molecular complexity index is 1350. The quantitative estimate of drug-likeness (QED) is 0.606. The second kappa shape index (κ2) is 9.00. The van der Waals surface area contributed by atoms with Crippen LogP contribution in [0, 0.1) is 11.7 Å². The van der Waals surface area contributed by atoms with Crippen molar-refractivity contribution in [3.8, 4) is 0 Å². The summed E-state index contributed by atoms with van der Waals surface area (Å²) < 4.78 is 17.8.